The number of esters is 1. The summed E-state index contributed by atoms with van der Waals surface area (Å²) in [5.74, 6) is 0.410. The van der Waals surface area contributed by atoms with Crippen LogP contribution < -0.4 is 19.6 Å². The lowest BCUT2D eigenvalue weighted by Gasteiger charge is -2.12. The Kier molecular flexibility index (Phi) is 8.51. The van der Waals surface area contributed by atoms with Crippen molar-refractivity contribution < 1.29 is 28.2 Å². The van der Waals surface area contributed by atoms with E-state index in [1.54, 1.807) is 36.4 Å². The number of nitrogens with one attached hydrogen (secondary N) is 1. The van der Waals surface area contributed by atoms with Crippen molar-refractivity contribution in [1.82, 2.24) is 5.43 Å². The molecule has 0 bridgehead atoms. The Morgan fingerprint density at radius 2 is 1.61 bits per heavy atom. The molecule has 8 nitrogen and oxygen atoms in total. The van der Waals surface area contributed by atoms with Crippen LogP contribution in [0.1, 0.15) is 32.0 Å². The molecule has 0 saturated carbocycles. The van der Waals surface area contributed by atoms with Crippen LogP contribution in [0.2, 0.25) is 0 Å². The average Bonchev–Trinajstić information content (AvgIpc) is 3.57. The molecule has 0 radical (unpaired) electrons. The molecule has 204 valence electrons. The first-order valence-electron chi connectivity index (χ1n) is 12.7. The van der Waals surface area contributed by atoms with E-state index < -0.39 is 5.97 Å². The van der Waals surface area contributed by atoms with E-state index in [4.69, 9.17) is 18.6 Å². The number of hydrogen-bond acceptors (Lipinski definition) is 7. The summed E-state index contributed by atoms with van der Waals surface area (Å²) in [5, 5.41) is 4.03. The topological polar surface area (TPSA) is 99.4 Å². The average molecular weight is 547 g/mol. The second kappa shape index (κ2) is 12.9. The zero-order valence-corrected chi connectivity index (χ0v) is 22.2. The van der Waals surface area contributed by atoms with Crippen molar-refractivity contribution in [2.24, 2.45) is 5.10 Å². The second-order valence-corrected chi connectivity index (χ2v) is 8.82. The number of amides is 1. The predicted molar refractivity (Wildman–Crippen MR) is 154 cm³/mol. The van der Waals surface area contributed by atoms with E-state index in [9.17, 15) is 9.59 Å². The highest BCUT2D eigenvalue weighted by Gasteiger charge is 2.15. The fourth-order valence-electron chi connectivity index (χ4n) is 3.99. The van der Waals surface area contributed by atoms with Crippen molar-refractivity contribution in [1.29, 1.82) is 0 Å². The van der Waals surface area contributed by atoms with E-state index in [0.717, 1.165) is 22.4 Å². The highest BCUT2D eigenvalue weighted by Crippen LogP contribution is 2.30. The number of carbonyl (C=O) groups is 2. The van der Waals surface area contributed by atoms with Gasteiger partial charge in [-0.2, -0.15) is 5.10 Å². The molecule has 0 atom stereocenters. The molecule has 0 aliphatic heterocycles. The van der Waals surface area contributed by atoms with Gasteiger partial charge in [0.2, 0.25) is 5.76 Å². The minimum Gasteiger partial charge on any atom is -0.493 e. The fraction of sp³-hybridized carbons (Fsp3) is 0.0606. The van der Waals surface area contributed by atoms with Crippen LogP contribution in [0.5, 0.6) is 17.2 Å². The summed E-state index contributed by atoms with van der Waals surface area (Å²) in [6.45, 7) is 0.360. The lowest BCUT2D eigenvalue weighted by Crippen LogP contribution is -2.17. The largest absolute Gasteiger partial charge is 0.493 e. The summed E-state index contributed by atoms with van der Waals surface area (Å²) in [6.07, 6.45) is 2.85. The standard InChI is InChI=1S/C33H26N2O6/c1-38-31-20-24(15-18-29(31)41-33(37)30-12-7-19-39-30)21-34-35-32(36)26-16-13-23(14-17-26)22-40-28-11-6-5-10-27(28)25-8-3-2-4-9-25/h2-21H,22H2,1H3,(H,35,36)/b34-21-. The van der Waals surface area contributed by atoms with Crippen molar-refractivity contribution in [3.63, 3.8) is 0 Å². The van der Waals surface area contributed by atoms with Crippen LogP contribution in [0.15, 0.2) is 125 Å². The minimum absolute atomic E-state index is 0.0781. The monoisotopic (exact) mass is 546 g/mol. The third kappa shape index (κ3) is 6.88. The molecule has 0 aliphatic rings. The molecule has 0 spiro atoms. The first kappa shape index (κ1) is 27.0. The van der Waals surface area contributed by atoms with Gasteiger partial charge in [0.15, 0.2) is 11.5 Å². The molecule has 0 unspecified atom stereocenters. The quantitative estimate of drug-likeness (QED) is 0.0927. The summed E-state index contributed by atoms with van der Waals surface area (Å²) in [7, 11) is 1.46. The predicted octanol–water partition coefficient (Wildman–Crippen LogP) is 6.52. The van der Waals surface area contributed by atoms with Gasteiger partial charge in [0.25, 0.3) is 5.91 Å². The Morgan fingerprint density at radius 3 is 2.37 bits per heavy atom. The van der Waals surface area contributed by atoms with Crippen molar-refractivity contribution in [3.8, 4) is 28.4 Å². The van der Waals surface area contributed by atoms with E-state index in [-0.39, 0.29) is 17.4 Å². The Hall–Kier alpha value is -5.63. The Bertz CT molecular complexity index is 1650. The molecule has 1 heterocycles. The lowest BCUT2D eigenvalue weighted by molar-refractivity contribution is 0.0696. The first-order valence-corrected chi connectivity index (χ1v) is 12.7. The molecule has 5 aromatic rings. The van der Waals surface area contributed by atoms with E-state index >= 15 is 0 Å². The molecule has 1 amide bonds. The summed E-state index contributed by atoms with van der Waals surface area (Å²) in [6, 6.07) is 33.1. The number of methoxy groups -OCH3 is 1. The normalized spacial score (nSPS) is 10.8. The highest BCUT2D eigenvalue weighted by atomic mass is 16.6. The number of rotatable bonds is 10. The van der Waals surface area contributed by atoms with Crippen molar-refractivity contribution in [3.05, 3.63) is 138 Å². The molecule has 4 aromatic carbocycles. The third-order valence-electron chi connectivity index (χ3n) is 6.07. The van der Waals surface area contributed by atoms with Crippen LogP contribution in [0, 0.1) is 0 Å². The molecule has 0 saturated heterocycles. The SMILES string of the molecule is COc1cc(/C=N\NC(=O)c2ccc(COc3ccccc3-c3ccccc3)cc2)ccc1OC(=O)c1ccco1. The molecule has 1 aromatic heterocycles. The van der Waals surface area contributed by atoms with Gasteiger partial charge in [-0.3, -0.25) is 4.79 Å². The number of hydrazone groups is 1. The van der Waals surface area contributed by atoms with Crippen molar-refractivity contribution >= 4 is 18.1 Å². The van der Waals surface area contributed by atoms with E-state index in [1.165, 1.54) is 25.7 Å². The second-order valence-electron chi connectivity index (χ2n) is 8.82. The molecular formula is C33H26N2O6. The zero-order chi connectivity index (χ0) is 28.4. The number of ether oxygens (including phenoxy) is 3. The number of benzene rings is 4. The van der Waals surface area contributed by atoms with Crippen LogP contribution >= 0.6 is 0 Å². The van der Waals surface area contributed by atoms with Gasteiger partial charge in [-0.05, 0) is 65.2 Å². The molecule has 41 heavy (non-hydrogen) atoms. The fourth-order valence-corrected chi connectivity index (χ4v) is 3.99. The van der Waals surface area contributed by atoms with Gasteiger partial charge < -0.3 is 18.6 Å². The van der Waals surface area contributed by atoms with Crippen LogP contribution in [-0.2, 0) is 6.61 Å². The first-order chi connectivity index (χ1) is 20.1. The maximum atomic E-state index is 12.6. The molecule has 8 heteroatoms. The lowest BCUT2D eigenvalue weighted by atomic mass is 10.0. The van der Waals surface area contributed by atoms with Gasteiger partial charge in [0.1, 0.15) is 12.4 Å². The molecule has 0 aliphatic carbocycles. The van der Waals surface area contributed by atoms with Crippen LogP contribution in [0.25, 0.3) is 11.1 Å². The number of nitrogens with zero attached hydrogens (tertiary/aromatic N) is 1. The zero-order valence-electron chi connectivity index (χ0n) is 22.2. The maximum Gasteiger partial charge on any atom is 0.379 e. The minimum atomic E-state index is -0.642. The van der Waals surface area contributed by atoms with Gasteiger partial charge in [0, 0.05) is 11.1 Å². The third-order valence-corrected chi connectivity index (χ3v) is 6.07. The molecular weight excluding hydrogens is 520 g/mol. The van der Waals surface area contributed by atoms with Crippen LogP contribution in [0.4, 0.5) is 0 Å². The summed E-state index contributed by atoms with van der Waals surface area (Å²) in [5.41, 5.74) is 6.62. The summed E-state index contributed by atoms with van der Waals surface area (Å²) >= 11 is 0. The summed E-state index contributed by atoms with van der Waals surface area (Å²) in [4.78, 5) is 24.7. The number of para-hydroxylation sites is 1. The smallest absolute Gasteiger partial charge is 0.379 e. The number of carbonyl (C=O) groups excluding carboxylic acids is 2. The van der Waals surface area contributed by atoms with E-state index in [0.29, 0.717) is 23.5 Å². The van der Waals surface area contributed by atoms with E-state index in [1.807, 2.05) is 66.7 Å². The highest BCUT2D eigenvalue weighted by molar-refractivity contribution is 5.95. The molecule has 1 N–H and O–H groups in total. The van der Waals surface area contributed by atoms with E-state index in [2.05, 4.69) is 10.5 Å². The molecule has 5 rings (SSSR count). The van der Waals surface area contributed by atoms with Crippen molar-refractivity contribution in [2.45, 2.75) is 6.61 Å². The van der Waals surface area contributed by atoms with Crippen LogP contribution in [-0.4, -0.2) is 25.2 Å². The summed E-state index contributed by atoms with van der Waals surface area (Å²) < 4.78 is 21.8. The van der Waals surface area contributed by atoms with Gasteiger partial charge >= 0.3 is 5.97 Å². The number of hydrogen-bond donors (Lipinski definition) is 1. The number of furan rings is 1. The van der Waals surface area contributed by atoms with Crippen LogP contribution in [0.3, 0.4) is 0 Å². The van der Waals surface area contributed by atoms with Crippen molar-refractivity contribution in [2.75, 3.05) is 7.11 Å². The molecule has 0 fully saturated rings. The van der Waals surface area contributed by atoms with Gasteiger partial charge in [-0.25, -0.2) is 10.2 Å². The Balaban J connectivity index is 1.16. The van der Waals surface area contributed by atoms with Gasteiger partial charge in [0.05, 0.1) is 19.6 Å². The van der Waals surface area contributed by atoms with Gasteiger partial charge in [-0.15, -0.1) is 0 Å². The Morgan fingerprint density at radius 1 is 0.829 bits per heavy atom. The Labute approximate surface area is 236 Å². The van der Waals surface area contributed by atoms with Gasteiger partial charge in [-0.1, -0.05) is 60.7 Å². The maximum absolute atomic E-state index is 12.6.